The molecular formula is C28H22N4O. The van der Waals surface area contributed by atoms with Crippen LogP contribution in [-0.4, -0.2) is 26.5 Å². The molecule has 5 nitrogen and oxygen atoms in total. The van der Waals surface area contributed by atoms with Gasteiger partial charge >= 0.3 is 0 Å². The molecule has 0 fully saturated rings. The molecule has 2 aliphatic rings. The number of hydrogen-bond donors (Lipinski definition) is 2. The molecule has 0 radical (unpaired) electrons. The molecule has 4 aromatic rings. The van der Waals surface area contributed by atoms with Crippen molar-refractivity contribution < 1.29 is 4.74 Å². The van der Waals surface area contributed by atoms with E-state index in [9.17, 15) is 0 Å². The highest BCUT2D eigenvalue weighted by Crippen LogP contribution is 2.36. The number of nitrogens with one attached hydrogen (secondary N) is 2. The molecule has 2 aliphatic heterocycles. The molecule has 0 unspecified atom stereocenters. The molecule has 3 aromatic heterocycles. The summed E-state index contributed by atoms with van der Waals surface area (Å²) in [6, 6.07) is 26.7. The highest BCUT2D eigenvalue weighted by molar-refractivity contribution is 5.98. The zero-order chi connectivity index (χ0) is 22.2. The molecule has 0 spiro atoms. The molecule has 5 heterocycles. The molecular weight excluding hydrogens is 408 g/mol. The summed E-state index contributed by atoms with van der Waals surface area (Å²) in [7, 11) is 0. The number of aromatic amines is 2. The normalized spacial score (nSPS) is 12.9. The van der Waals surface area contributed by atoms with Crippen molar-refractivity contribution in [2.24, 2.45) is 0 Å². The van der Waals surface area contributed by atoms with Gasteiger partial charge in [0.15, 0.2) is 5.76 Å². The lowest BCUT2D eigenvalue weighted by atomic mass is 10.0. The fourth-order valence-corrected chi connectivity index (χ4v) is 4.22. The van der Waals surface area contributed by atoms with Gasteiger partial charge in [0.25, 0.3) is 0 Å². The second-order valence-electron chi connectivity index (χ2n) is 8.00. The van der Waals surface area contributed by atoms with Crippen LogP contribution in [0.1, 0.15) is 35.3 Å². The van der Waals surface area contributed by atoms with Crippen LogP contribution in [0.2, 0.25) is 0 Å². The number of benzene rings is 1. The van der Waals surface area contributed by atoms with Gasteiger partial charge in [0.05, 0.1) is 29.3 Å². The van der Waals surface area contributed by atoms with Gasteiger partial charge in [-0.05, 0) is 73.2 Å². The Morgan fingerprint density at radius 3 is 2.00 bits per heavy atom. The van der Waals surface area contributed by atoms with E-state index in [4.69, 9.17) is 14.7 Å². The molecule has 33 heavy (non-hydrogen) atoms. The number of aromatic nitrogens is 4. The first-order valence-corrected chi connectivity index (χ1v) is 11.0. The van der Waals surface area contributed by atoms with E-state index in [-0.39, 0.29) is 0 Å². The second kappa shape index (κ2) is 7.95. The van der Waals surface area contributed by atoms with Gasteiger partial charge in [-0.3, -0.25) is 0 Å². The number of fused-ring (bicyclic) bond motifs is 8. The van der Waals surface area contributed by atoms with E-state index in [1.165, 1.54) is 0 Å². The van der Waals surface area contributed by atoms with Crippen molar-refractivity contribution in [1.29, 1.82) is 0 Å². The molecule has 2 N–H and O–H groups in total. The number of ether oxygens (including phenoxy) is 1. The van der Waals surface area contributed by atoms with Gasteiger partial charge < -0.3 is 14.7 Å². The molecule has 8 bridgehead atoms. The minimum atomic E-state index is 0.554. The molecule has 6 rings (SSSR count). The highest BCUT2D eigenvalue weighted by atomic mass is 16.5. The van der Waals surface area contributed by atoms with Crippen molar-refractivity contribution in [3.05, 3.63) is 107 Å². The highest BCUT2D eigenvalue weighted by Gasteiger charge is 2.23. The van der Waals surface area contributed by atoms with Gasteiger partial charge in [-0.15, -0.1) is 0 Å². The zero-order valence-electron chi connectivity index (χ0n) is 18.2. The van der Waals surface area contributed by atoms with E-state index >= 15 is 0 Å². The number of H-pyrrole nitrogens is 2. The molecule has 1 aromatic carbocycles. The van der Waals surface area contributed by atoms with Crippen LogP contribution in [0.3, 0.4) is 0 Å². The van der Waals surface area contributed by atoms with Gasteiger partial charge in [-0.1, -0.05) is 30.3 Å². The Kier molecular flexibility index (Phi) is 4.65. The van der Waals surface area contributed by atoms with Gasteiger partial charge in [0.2, 0.25) is 0 Å². The third-order valence-corrected chi connectivity index (χ3v) is 5.64. The quantitative estimate of drug-likeness (QED) is 0.346. The van der Waals surface area contributed by atoms with Crippen molar-refractivity contribution >= 4 is 45.6 Å². The summed E-state index contributed by atoms with van der Waals surface area (Å²) in [6.07, 6.45) is 4.04. The predicted molar refractivity (Wildman–Crippen MR) is 134 cm³/mol. The van der Waals surface area contributed by atoms with Crippen LogP contribution in [0.4, 0.5) is 0 Å². The number of hydrogen-bond acceptors (Lipinski definition) is 3. The van der Waals surface area contributed by atoms with Crippen molar-refractivity contribution in [1.82, 2.24) is 19.9 Å². The van der Waals surface area contributed by atoms with E-state index in [0.717, 1.165) is 61.7 Å². The maximum Gasteiger partial charge on any atom is 0.154 e. The third-order valence-electron chi connectivity index (χ3n) is 5.64. The van der Waals surface area contributed by atoms with Crippen LogP contribution in [0.15, 0.2) is 78.9 Å². The summed E-state index contributed by atoms with van der Waals surface area (Å²) in [5.41, 5.74) is 9.44. The average Bonchev–Trinajstić information content (AvgIpc) is 3.60. The maximum absolute atomic E-state index is 6.16. The molecule has 0 amide bonds. The summed E-state index contributed by atoms with van der Waals surface area (Å²) >= 11 is 0. The lowest BCUT2D eigenvalue weighted by Crippen LogP contribution is -1.93. The Morgan fingerprint density at radius 1 is 0.667 bits per heavy atom. The number of rotatable bonds is 3. The Labute approximate surface area is 191 Å². The lowest BCUT2D eigenvalue weighted by Gasteiger charge is -2.09. The minimum absolute atomic E-state index is 0.554. The average molecular weight is 431 g/mol. The Balaban J connectivity index is 1.69. The van der Waals surface area contributed by atoms with E-state index in [1.54, 1.807) is 0 Å². The molecule has 0 atom stereocenters. The van der Waals surface area contributed by atoms with Gasteiger partial charge in [-0.25, -0.2) is 9.97 Å². The maximum atomic E-state index is 6.16. The van der Waals surface area contributed by atoms with Crippen LogP contribution in [-0.2, 0) is 4.74 Å². The summed E-state index contributed by atoms with van der Waals surface area (Å²) in [5.74, 6) is 0.784. The van der Waals surface area contributed by atoms with Crippen LogP contribution in [0.5, 0.6) is 0 Å². The van der Waals surface area contributed by atoms with Crippen molar-refractivity contribution in [2.75, 3.05) is 6.61 Å². The van der Waals surface area contributed by atoms with E-state index in [2.05, 4.69) is 52.4 Å². The van der Waals surface area contributed by atoms with Gasteiger partial charge in [0, 0.05) is 22.1 Å². The summed E-state index contributed by atoms with van der Waals surface area (Å²) in [6.45, 7) is 2.55. The van der Waals surface area contributed by atoms with E-state index in [1.807, 2.05) is 55.5 Å². The summed E-state index contributed by atoms with van der Waals surface area (Å²) in [5, 5.41) is 0. The van der Waals surface area contributed by atoms with Crippen molar-refractivity contribution in [3.63, 3.8) is 0 Å². The molecule has 0 aliphatic carbocycles. The van der Waals surface area contributed by atoms with Crippen LogP contribution >= 0.6 is 0 Å². The minimum Gasteiger partial charge on any atom is -0.491 e. The molecule has 5 heteroatoms. The predicted octanol–water partition coefficient (Wildman–Crippen LogP) is 6.44. The first-order valence-electron chi connectivity index (χ1n) is 11.0. The largest absolute Gasteiger partial charge is 0.491 e. The standard InChI is InChI=1S/C28H22N4O/c1-2-33-28-26-17-24-13-11-22(31-24)15-20-9-8-19(29-20)14-21-10-12-23(30-21)16-25(32-26)27(28)18-6-4-3-5-7-18/h3-17,29,31H,2H2,1H3. The van der Waals surface area contributed by atoms with Crippen molar-refractivity contribution in [3.8, 4) is 0 Å². The van der Waals surface area contributed by atoms with Gasteiger partial charge in [-0.2, -0.15) is 0 Å². The van der Waals surface area contributed by atoms with Crippen LogP contribution in [0, 0.1) is 0 Å². The first kappa shape index (κ1) is 19.3. The summed E-state index contributed by atoms with van der Waals surface area (Å²) in [4.78, 5) is 16.7. The Morgan fingerprint density at radius 2 is 1.30 bits per heavy atom. The third kappa shape index (κ3) is 3.74. The second-order valence-corrected chi connectivity index (χ2v) is 8.00. The number of nitrogens with zero attached hydrogens (tertiary/aromatic N) is 2. The fourth-order valence-electron chi connectivity index (χ4n) is 4.22. The molecule has 160 valence electrons. The fraction of sp³-hybridized carbons (Fsp3) is 0.0714. The van der Waals surface area contributed by atoms with E-state index in [0.29, 0.717) is 6.61 Å². The Hall–Kier alpha value is -4.38. The Bertz CT molecular complexity index is 1570. The monoisotopic (exact) mass is 430 g/mol. The topological polar surface area (TPSA) is 66.6 Å². The summed E-state index contributed by atoms with van der Waals surface area (Å²) < 4.78 is 6.16. The smallest absolute Gasteiger partial charge is 0.154 e. The molecule has 0 saturated heterocycles. The lowest BCUT2D eigenvalue weighted by molar-refractivity contribution is 0.299. The first-order chi connectivity index (χ1) is 16.2. The van der Waals surface area contributed by atoms with Crippen LogP contribution in [0.25, 0.3) is 45.6 Å². The zero-order valence-corrected chi connectivity index (χ0v) is 18.2. The SMILES string of the molecule is CCOC1=C(c2ccccc2)c2cc3nc(cc4ccc(cc5ccc(cc1n2)[nH]5)[nH]4)C=C3. The van der Waals surface area contributed by atoms with Gasteiger partial charge in [0.1, 0.15) is 5.69 Å². The molecule has 0 saturated carbocycles. The van der Waals surface area contributed by atoms with E-state index < -0.39 is 0 Å². The van der Waals surface area contributed by atoms with Crippen LogP contribution < -0.4 is 0 Å². The van der Waals surface area contributed by atoms with Crippen molar-refractivity contribution in [2.45, 2.75) is 6.92 Å².